The van der Waals surface area contributed by atoms with Gasteiger partial charge in [-0.2, -0.15) is 4.31 Å². The minimum Gasteiger partial charge on any atom is -0.465 e. The number of hydrogen-bond acceptors (Lipinski definition) is 6. The average molecular weight is 440 g/mol. The van der Waals surface area contributed by atoms with Crippen LogP contribution in [0, 0.1) is 5.92 Å². The molecule has 0 atom stereocenters. The highest BCUT2D eigenvalue weighted by atomic mass is 32.2. The Balaban J connectivity index is 1.95. The standard InChI is InChI=1S/C21H33N3O5S/c1-5-23(16(2)3)15-12-22-20(25)17-10-13-24(14-11-17)30(27,28)19-9-7-6-8-18(19)21(26)29-4/h6-9,16-17H,5,10-15H2,1-4H3,(H,22,25). The molecule has 1 aliphatic rings. The number of ether oxygens (including phenoxy) is 1. The van der Waals surface area contributed by atoms with Crippen molar-refractivity contribution in [3.63, 3.8) is 0 Å². The summed E-state index contributed by atoms with van der Waals surface area (Å²) in [4.78, 5) is 26.7. The number of rotatable bonds is 9. The largest absolute Gasteiger partial charge is 0.465 e. The number of carbonyl (C=O) groups excluding carboxylic acids is 2. The van der Waals surface area contributed by atoms with Gasteiger partial charge < -0.3 is 10.1 Å². The van der Waals surface area contributed by atoms with Crippen LogP contribution in [0.2, 0.25) is 0 Å². The number of piperidine rings is 1. The number of esters is 1. The van der Waals surface area contributed by atoms with Gasteiger partial charge in [0.05, 0.1) is 17.6 Å². The highest BCUT2D eigenvalue weighted by molar-refractivity contribution is 7.89. The number of sulfonamides is 1. The Hall–Kier alpha value is -1.97. The Morgan fingerprint density at radius 2 is 1.87 bits per heavy atom. The van der Waals surface area contributed by atoms with E-state index in [-0.39, 0.29) is 35.4 Å². The average Bonchev–Trinajstić information content (AvgIpc) is 2.75. The molecule has 1 aromatic rings. The van der Waals surface area contributed by atoms with Gasteiger partial charge in [-0.1, -0.05) is 19.1 Å². The van der Waals surface area contributed by atoms with Crippen molar-refractivity contribution in [2.75, 3.05) is 39.8 Å². The molecule has 2 rings (SSSR count). The molecule has 1 aromatic carbocycles. The maximum atomic E-state index is 13.1. The van der Waals surface area contributed by atoms with Gasteiger partial charge in [-0.15, -0.1) is 0 Å². The van der Waals surface area contributed by atoms with Gasteiger partial charge in [0, 0.05) is 38.1 Å². The number of benzene rings is 1. The van der Waals surface area contributed by atoms with Crippen LogP contribution in [0.3, 0.4) is 0 Å². The molecule has 1 heterocycles. The van der Waals surface area contributed by atoms with Crippen LogP contribution in [0.1, 0.15) is 44.0 Å². The van der Waals surface area contributed by atoms with Crippen LogP contribution >= 0.6 is 0 Å². The normalized spacial score (nSPS) is 16.1. The van der Waals surface area contributed by atoms with Crippen LogP contribution in [-0.2, 0) is 19.6 Å². The lowest BCUT2D eigenvalue weighted by atomic mass is 9.97. The second-order valence-electron chi connectivity index (χ2n) is 7.68. The predicted octanol–water partition coefficient (Wildman–Crippen LogP) is 1.72. The lowest BCUT2D eigenvalue weighted by Gasteiger charge is -2.31. The number of methoxy groups -OCH3 is 1. The first-order valence-electron chi connectivity index (χ1n) is 10.4. The van der Waals surface area contributed by atoms with Crippen LogP contribution in [0.25, 0.3) is 0 Å². The fourth-order valence-electron chi connectivity index (χ4n) is 3.72. The first-order chi connectivity index (χ1) is 14.2. The molecule has 1 saturated heterocycles. The number of likely N-dealkylation sites (N-methyl/N-ethyl adjacent to an activating group) is 1. The van der Waals surface area contributed by atoms with E-state index in [0.29, 0.717) is 25.4 Å². The molecule has 0 spiro atoms. The smallest absolute Gasteiger partial charge is 0.339 e. The minimum atomic E-state index is -3.84. The summed E-state index contributed by atoms with van der Waals surface area (Å²) in [5, 5.41) is 2.98. The second kappa shape index (κ2) is 10.9. The molecule has 1 aliphatic heterocycles. The third kappa shape index (κ3) is 5.80. The SMILES string of the molecule is CCN(CCNC(=O)C1CCN(S(=O)(=O)c2ccccc2C(=O)OC)CC1)C(C)C. The van der Waals surface area contributed by atoms with E-state index < -0.39 is 16.0 Å². The first kappa shape index (κ1) is 24.3. The van der Waals surface area contributed by atoms with Crippen molar-refractivity contribution in [2.24, 2.45) is 5.92 Å². The Bertz CT molecular complexity index is 833. The van der Waals surface area contributed by atoms with Crippen molar-refractivity contribution in [2.45, 2.75) is 44.6 Å². The predicted molar refractivity (Wildman–Crippen MR) is 115 cm³/mol. The number of carbonyl (C=O) groups is 2. The lowest BCUT2D eigenvalue weighted by Crippen LogP contribution is -2.45. The van der Waals surface area contributed by atoms with Gasteiger partial charge in [0.2, 0.25) is 15.9 Å². The zero-order valence-electron chi connectivity index (χ0n) is 18.3. The molecule has 0 aromatic heterocycles. The second-order valence-corrected chi connectivity index (χ2v) is 9.59. The summed E-state index contributed by atoms with van der Waals surface area (Å²) in [7, 11) is -2.62. The molecular formula is C21H33N3O5S. The lowest BCUT2D eigenvalue weighted by molar-refractivity contribution is -0.126. The van der Waals surface area contributed by atoms with Crippen molar-refractivity contribution in [1.29, 1.82) is 0 Å². The Kier molecular flexibility index (Phi) is 8.81. The highest BCUT2D eigenvalue weighted by Crippen LogP contribution is 2.26. The third-order valence-electron chi connectivity index (χ3n) is 5.57. The molecule has 1 fully saturated rings. The minimum absolute atomic E-state index is 0.0190. The number of amides is 1. The van der Waals surface area contributed by atoms with E-state index in [2.05, 4.69) is 31.0 Å². The Labute approximate surface area is 179 Å². The number of nitrogens with zero attached hydrogens (tertiary/aromatic N) is 2. The fourth-order valence-corrected chi connectivity index (χ4v) is 5.37. The van der Waals surface area contributed by atoms with Crippen molar-refractivity contribution >= 4 is 21.9 Å². The quantitative estimate of drug-likeness (QED) is 0.589. The maximum Gasteiger partial charge on any atom is 0.339 e. The van der Waals surface area contributed by atoms with Gasteiger partial charge in [-0.3, -0.25) is 9.69 Å². The number of nitrogens with one attached hydrogen (secondary N) is 1. The summed E-state index contributed by atoms with van der Waals surface area (Å²) in [5.41, 5.74) is 0.0190. The third-order valence-corrected chi connectivity index (χ3v) is 7.53. The molecule has 168 valence electrons. The zero-order valence-corrected chi connectivity index (χ0v) is 19.1. The molecule has 1 amide bonds. The number of hydrogen-bond donors (Lipinski definition) is 1. The fraction of sp³-hybridized carbons (Fsp3) is 0.619. The summed E-state index contributed by atoms with van der Waals surface area (Å²) in [6.07, 6.45) is 0.903. The van der Waals surface area contributed by atoms with E-state index in [9.17, 15) is 18.0 Å². The molecule has 9 heteroatoms. The van der Waals surface area contributed by atoms with E-state index >= 15 is 0 Å². The van der Waals surface area contributed by atoms with Crippen molar-refractivity contribution in [3.8, 4) is 0 Å². The van der Waals surface area contributed by atoms with E-state index in [1.54, 1.807) is 12.1 Å². The summed E-state index contributed by atoms with van der Waals surface area (Å²) in [6.45, 7) is 9.12. The Morgan fingerprint density at radius 3 is 2.43 bits per heavy atom. The maximum absolute atomic E-state index is 13.1. The van der Waals surface area contributed by atoms with E-state index in [4.69, 9.17) is 4.74 Å². The van der Waals surface area contributed by atoms with Gasteiger partial charge in [0.1, 0.15) is 0 Å². The first-order valence-corrected chi connectivity index (χ1v) is 11.9. The van der Waals surface area contributed by atoms with E-state index in [1.807, 2.05) is 0 Å². The molecule has 30 heavy (non-hydrogen) atoms. The van der Waals surface area contributed by atoms with Crippen LogP contribution in [0.4, 0.5) is 0 Å². The topological polar surface area (TPSA) is 96.0 Å². The van der Waals surface area contributed by atoms with Crippen LogP contribution < -0.4 is 5.32 Å². The van der Waals surface area contributed by atoms with Crippen LogP contribution in [-0.4, -0.2) is 75.4 Å². The van der Waals surface area contributed by atoms with Gasteiger partial charge >= 0.3 is 5.97 Å². The van der Waals surface area contributed by atoms with Gasteiger partial charge in [-0.05, 0) is 45.4 Å². The molecule has 0 saturated carbocycles. The van der Waals surface area contributed by atoms with E-state index in [0.717, 1.165) is 13.1 Å². The summed E-state index contributed by atoms with van der Waals surface area (Å²) < 4.78 is 32.2. The monoisotopic (exact) mass is 439 g/mol. The summed E-state index contributed by atoms with van der Waals surface area (Å²) in [5.74, 6) is -0.922. The van der Waals surface area contributed by atoms with Crippen molar-refractivity contribution in [3.05, 3.63) is 29.8 Å². The molecule has 0 bridgehead atoms. The molecule has 8 nitrogen and oxygen atoms in total. The zero-order chi connectivity index (χ0) is 22.3. The van der Waals surface area contributed by atoms with Gasteiger partial charge in [0.25, 0.3) is 0 Å². The molecule has 0 unspecified atom stereocenters. The van der Waals surface area contributed by atoms with Crippen LogP contribution in [0.15, 0.2) is 29.2 Å². The molecular weight excluding hydrogens is 406 g/mol. The van der Waals surface area contributed by atoms with Gasteiger partial charge in [-0.25, -0.2) is 13.2 Å². The molecule has 1 N–H and O–H groups in total. The Morgan fingerprint density at radius 1 is 1.23 bits per heavy atom. The molecule has 0 radical (unpaired) electrons. The van der Waals surface area contributed by atoms with Crippen molar-refractivity contribution in [1.82, 2.24) is 14.5 Å². The van der Waals surface area contributed by atoms with Gasteiger partial charge in [0.15, 0.2) is 0 Å². The highest BCUT2D eigenvalue weighted by Gasteiger charge is 2.34. The van der Waals surface area contributed by atoms with Crippen LogP contribution in [0.5, 0.6) is 0 Å². The molecule has 0 aliphatic carbocycles. The summed E-state index contributed by atoms with van der Waals surface area (Å²) >= 11 is 0. The van der Waals surface area contributed by atoms with E-state index in [1.165, 1.54) is 23.5 Å². The van der Waals surface area contributed by atoms with Crippen molar-refractivity contribution < 1.29 is 22.7 Å². The summed E-state index contributed by atoms with van der Waals surface area (Å²) in [6, 6.07) is 6.45.